The summed E-state index contributed by atoms with van der Waals surface area (Å²) in [5, 5.41) is 14.3. The Morgan fingerprint density at radius 2 is 2.19 bits per heavy atom. The number of carboxylic acids is 1. The summed E-state index contributed by atoms with van der Waals surface area (Å²) in [6.45, 7) is 3.45. The van der Waals surface area contributed by atoms with Gasteiger partial charge in [0.25, 0.3) is 0 Å². The number of carbonyl (C=O) groups excluding carboxylic acids is 1. The highest BCUT2D eigenvalue weighted by molar-refractivity contribution is 7.13. The molecule has 0 aromatic carbocycles. The quantitative estimate of drug-likeness (QED) is 0.799. The van der Waals surface area contributed by atoms with E-state index in [2.05, 4.69) is 15.2 Å². The molecule has 8 heteroatoms. The van der Waals surface area contributed by atoms with Gasteiger partial charge < -0.3 is 20.2 Å². The highest BCUT2D eigenvalue weighted by atomic mass is 32.1. The second-order valence-electron chi connectivity index (χ2n) is 4.87. The smallest absolute Gasteiger partial charge is 0.317 e. The number of urea groups is 1. The minimum atomic E-state index is -0.835. The topological polar surface area (TPSA) is 85.8 Å². The van der Waals surface area contributed by atoms with Crippen LogP contribution in [-0.2, 0) is 4.79 Å². The Kier molecular flexibility index (Phi) is 5.79. The van der Waals surface area contributed by atoms with Gasteiger partial charge in [-0.05, 0) is 12.8 Å². The third-order valence-corrected chi connectivity index (χ3v) is 4.15. The zero-order valence-corrected chi connectivity index (χ0v) is 12.6. The molecule has 1 aromatic rings. The molecule has 2 heterocycles. The third kappa shape index (κ3) is 4.89. The maximum absolute atomic E-state index is 12.0. The lowest BCUT2D eigenvalue weighted by atomic mass is 10.3. The number of carbonyl (C=O) groups is 2. The Morgan fingerprint density at radius 3 is 2.90 bits per heavy atom. The van der Waals surface area contributed by atoms with Crippen LogP contribution in [0.25, 0.3) is 0 Å². The number of amides is 2. The van der Waals surface area contributed by atoms with Crippen LogP contribution >= 0.6 is 11.3 Å². The maximum Gasteiger partial charge on any atom is 0.317 e. The summed E-state index contributed by atoms with van der Waals surface area (Å²) < 4.78 is 0. The van der Waals surface area contributed by atoms with Crippen molar-refractivity contribution in [3.05, 3.63) is 11.6 Å². The van der Waals surface area contributed by atoms with Crippen molar-refractivity contribution in [3.8, 4) is 0 Å². The number of anilines is 1. The summed E-state index contributed by atoms with van der Waals surface area (Å²) in [7, 11) is 0. The van der Waals surface area contributed by atoms with Crippen molar-refractivity contribution in [2.75, 3.05) is 37.6 Å². The van der Waals surface area contributed by atoms with Crippen molar-refractivity contribution in [2.45, 2.75) is 19.3 Å². The molecule has 0 bridgehead atoms. The predicted octanol–water partition coefficient (Wildman–Crippen LogP) is 1.23. The molecule has 2 N–H and O–H groups in total. The molecule has 1 aliphatic heterocycles. The molecule has 0 saturated carbocycles. The van der Waals surface area contributed by atoms with E-state index in [4.69, 9.17) is 5.11 Å². The van der Waals surface area contributed by atoms with E-state index in [0.29, 0.717) is 26.1 Å². The molecule has 0 unspecified atom stereocenters. The first kappa shape index (κ1) is 15.6. The van der Waals surface area contributed by atoms with Crippen LogP contribution < -0.4 is 10.2 Å². The van der Waals surface area contributed by atoms with E-state index in [1.165, 1.54) is 0 Å². The Morgan fingerprint density at radius 1 is 1.33 bits per heavy atom. The summed E-state index contributed by atoms with van der Waals surface area (Å²) in [5.74, 6) is -0.835. The van der Waals surface area contributed by atoms with Crippen molar-refractivity contribution < 1.29 is 14.7 Å². The van der Waals surface area contributed by atoms with Crippen LogP contribution in [0.3, 0.4) is 0 Å². The highest BCUT2D eigenvalue weighted by Gasteiger charge is 2.19. The Bertz CT molecular complexity index is 466. The number of hydrogen-bond donors (Lipinski definition) is 2. The van der Waals surface area contributed by atoms with Gasteiger partial charge in [0.05, 0.1) is 0 Å². The maximum atomic E-state index is 12.0. The van der Waals surface area contributed by atoms with E-state index in [-0.39, 0.29) is 12.5 Å². The summed E-state index contributed by atoms with van der Waals surface area (Å²) >= 11 is 1.61. The largest absolute Gasteiger partial charge is 0.481 e. The normalized spacial score (nSPS) is 15.6. The molecule has 0 aliphatic carbocycles. The standard InChI is InChI=1S/C13H20N4O3S/c18-11(19)3-1-4-14-12(20)16-6-2-7-17(9-8-16)13-15-5-10-21-13/h5,10H,1-4,6-9H2,(H,14,20)(H,18,19). The number of nitrogens with zero attached hydrogens (tertiary/aromatic N) is 3. The number of aromatic nitrogens is 1. The molecule has 1 aliphatic rings. The van der Waals surface area contributed by atoms with Crippen LogP contribution in [0.15, 0.2) is 11.6 Å². The first-order valence-electron chi connectivity index (χ1n) is 7.06. The Balaban J connectivity index is 1.74. The van der Waals surface area contributed by atoms with Gasteiger partial charge in [0, 0.05) is 50.7 Å². The Labute approximate surface area is 127 Å². The van der Waals surface area contributed by atoms with E-state index in [0.717, 1.165) is 24.6 Å². The molecular weight excluding hydrogens is 292 g/mol. The van der Waals surface area contributed by atoms with Gasteiger partial charge in [-0.25, -0.2) is 9.78 Å². The summed E-state index contributed by atoms with van der Waals surface area (Å²) in [6, 6.07) is -0.110. The van der Waals surface area contributed by atoms with Crippen LogP contribution in [0.4, 0.5) is 9.93 Å². The molecule has 2 amide bonds. The number of nitrogens with one attached hydrogen (secondary N) is 1. The van der Waals surface area contributed by atoms with Crippen molar-refractivity contribution in [1.82, 2.24) is 15.2 Å². The first-order valence-corrected chi connectivity index (χ1v) is 7.94. The van der Waals surface area contributed by atoms with Crippen molar-refractivity contribution in [1.29, 1.82) is 0 Å². The Hall–Kier alpha value is -1.83. The van der Waals surface area contributed by atoms with E-state index >= 15 is 0 Å². The molecule has 1 saturated heterocycles. The van der Waals surface area contributed by atoms with Crippen LogP contribution in [0.2, 0.25) is 0 Å². The van der Waals surface area contributed by atoms with Crippen LogP contribution in [0, 0.1) is 0 Å². The average molecular weight is 312 g/mol. The van der Waals surface area contributed by atoms with Gasteiger partial charge in [-0.3, -0.25) is 4.79 Å². The minimum Gasteiger partial charge on any atom is -0.481 e. The lowest BCUT2D eigenvalue weighted by Gasteiger charge is -2.22. The van der Waals surface area contributed by atoms with E-state index in [1.54, 1.807) is 22.4 Å². The molecular formula is C13H20N4O3S. The van der Waals surface area contributed by atoms with Crippen LogP contribution in [-0.4, -0.2) is 59.7 Å². The number of thiazole rings is 1. The fourth-order valence-corrected chi connectivity index (χ4v) is 2.93. The third-order valence-electron chi connectivity index (χ3n) is 3.32. The van der Waals surface area contributed by atoms with Gasteiger partial charge in [-0.1, -0.05) is 0 Å². The average Bonchev–Trinajstić information content (AvgIpc) is 2.88. The fraction of sp³-hybridized carbons (Fsp3) is 0.615. The second-order valence-corrected chi connectivity index (χ2v) is 5.74. The molecule has 116 valence electrons. The minimum absolute atomic E-state index is 0.0815. The highest BCUT2D eigenvalue weighted by Crippen LogP contribution is 2.18. The molecule has 0 radical (unpaired) electrons. The molecule has 21 heavy (non-hydrogen) atoms. The zero-order chi connectivity index (χ0) is 15.1. The van der Waals surface area contributed by atoms with E-state index in [9.17, 15) is 9.59 Å². The molecule has 1 fully saturated rings. The molecule has 0 spiro atoms. The predicted molar refractivity (Wildman–Crippen MR) is 80.8 cm³/mol. The van der Waals surface area contributed by atoms with Crippen molar-refractivity contribution in [3.63, 3.8) is 0 Å². The summed E-state index contributed by atoms with van der Waals surface area (Å²) in [6.07, 6.45) is 3.23. The van der Waals surface area contributed by atoms with E-state index in [1.807, 2.05) is 5.38 Å². The molecule has 0 atom stereocenters. The number of rotatable bonds is 5. The number of carboxylic acid groups (broad SMARTS) is 1. The van der Waals surface area contributed by atoms with Crippen molar-refractivity contribution >= 4 is 28.5 Å². The van der Waals surface area contributed by atoms with Crippen molar-refractivity contribution in [2.24, 2.45) is 0 Å². The first-order chi connectivity index (χ1) is 10.2. The molecule has 7 nitrogen and oxygen atoms in total. The second kappa shape index (κ2) is 7.82. The lowest BCUT2D eigenvalue weighted by molar-refractivity contribution is -0.137. The fourth-order valence-electron chi connectivity index (χ4n) is 2.23. The SMILES string of the molecule is O=C(O)CCCNC(=O)N1CCCN(c2nccs2)CC1. The monoisotopic (exact) mass is 312 g/mol. The summed E-state index contributed by atoms with van der Waals surface area (Å²) in [4.78, 5) is 30.7. The number of hydrogen-bond acceptors (Lipinski definition) is 5. The van der Waals surface area contributed by atoms with Gasteiger partial charge in [0.2, 0.25) is 0 Å². The molecule has 2 rings (SSSR count). The zero-order valence-electron chi connectivity index (χ0n) is 11.8. The van der Waals surface area contributed by atoms with Gasteiger partial charge in [0.1, 0.15) is 0 Å². The van der Waals surface area contributed by atoms with Crippen LogP contribution in [0.5, 0.6) is 0 Å². The van der Waals surface area contributed by atoms with Gasteiger partial charge in [-0.15, -0.1) is 11.3 Å². The van der Waals surface area contributed by atoms with E-state index < -0.39 is 5.97 Å². The van der Waals surface area contributed by atoms with Gasteiger partial charge in [0.15, 0.2) is 5.13 Å². The van der Waals surface area contributed by atoms with Crippen LogP contribution in [0.1, 0.15) is 19.3 Å². The molecule has 1 aromatic heterocycles. The summed E-state index contributed by atoms with van der Waals surface area (Å²) in [5.41, 5.74) is 0. The van der Waals surface area contributed by atoms with Gasteiger partial charge >= 0.3 is 12.0 Å². The lowest BCUT2D eigenvalue weighted by Crippen LogP contribution is -2.42. The van der Waals surface area contributed by atoms with Gasteiger partial charge in [-0.2, -0.15) is 0 Å². The number of aliphatic carboxylic acids is 1.